The molecule has 0 atom stereocenters. The molecule has 0 aliphatic heterocycles. The first-order valence-electron chi connectivity index (χ1n) is 4.24. The Balaban J connectivity index is 3.66. The van der Waals surface area contributed by atoms with Gasteiger partial charge in [0.25, 0.3) is 0 Å². The summed E-state index contributed by atoms with van der Waals surface area (Å²) >= 11 is 0. The highest BCUT2D eigenvalue weighted by molar-refractivity contribution is 5.91. The highest BCUT2D eigenvalue weighted by Gasteiger charge is 2.00. The summed E-state index contributed by atoms with van der Waals surface area (Å²) in [4.78, 5) is 11.0. The SMILES string of the molecule is CC(C)CC=CC(=O)C(C)C. The van der Waals surface area contributed by atoms with Gasteiger partial charge in [-0.2, -0.15) is 0 Å². The largest absolute Gasteiger partial charge is 0.295 e. The fourth-order valence-electron chi connectivity index (χ4n) is 0.649. The lowest BCUT2D eigenvalue weighted by Gasteiger charge is -1.98. The normalized spacial score (nSPS) is 11.8. The number of ketones is 1. The maximum absolute atomic E-state index is 11.0. The molecule has 0 aromatic carbocycles. The molecule has 0 saturated heterocycles. The van der Waals surface area contributed by atoms with E-state index < -0.39 is 0 Å². The van der Waals surface area contributed by atoms with Crippen LogP contribution in [0.4, 0.5) is 0 Å². The lowest BCUT2D eigenvalue weighted by molar-refractivity contribution is -0.117. The quantitative estimate of drug-likeness (QED) is 0.569. The molecule has 0 aromatic rings. The minimum atomic E-state index is 0.137. The fraction of sp³-hybridized carbons (Fsp3) is 0.700. The van der Waals surface area contributed by atoms with Gasteiger partial charge in [-0.15, -0.1) is 0 Å². The van der Waals surface area contributed by atoms with E-state index in [0.717, 1.165) is 6.42 Å². The van der Waals surface area contributed by atoms with E-state index in [0.29, 0.717) is 5.92 Å². The second kappa shape index (κ2) is 5.11. The topological polar surface area (TPSA) is 17.1 Å². The number of carbonyl (C=O) groups excluding carboxylic acids is 1. The highest BCUT2D eigenvalue weighted by Crippen LogP contribution is 2.01. The molecule has 0 spiro atoms. The van der Waals surface area contributed by atoms with E-state index in [2.05, 4.69) is 13.8 Å². The first kappa shape index (κ1) is 10.4. The van der Waals surface area contributed by atoms with Crippen LogP contribution in [0.2, 0.25) is 0 Å². The fourth-order valence-corrected chi connectivity index (χ4v) is 0.649. The van der Waals surface area contributed by atoms with Crippen LogP contribution < -0.4 is 0 Å². The van der Waals surface area contributed by atoms with Crippen molar-refractivity contribution in [3.05, 3.63) is 12.2 Å². The maximum Gasteiger partial charge on any atom is 0.157 e. The van der Waals surface area contributed by atoms with Crippen LogP contribution in [0, 0.1) is 11.8 Å². The minimum Gasteiger partial charge on any atom is -0.295 e. The van der Waals surface area contributed by atoms with Gasteiger partial charge >= 0.3 is 0 Å². The van der Waals surface area contributed by atoms with Crippen LogP contribution in [-0.2, 0) is 4.79 Å². The predicted molar refractivity (Wildman–Crippen MR) is 48.4 cm³/mol. The van der Waals surface area contributed by atoms with Gasteiger partial charge in [-0.3, -0.25) is 4.79 Å². The summed E-state index contributed by atoms with van der Waals surface area (Å²) in [6, 6.07) is 0. The van der Waals surface area contributed by atoms with Crippen LogP contribution in [0.3, 0.4) is 0 Å². The summed E-state index contributed by atoms with van der Waals surface area (Å²) in [7, 11) is 0. The Kier molecular flexibility index (Phi) is 4.84. The van der Waals surface area contributed by atoms with Gasteiger partial charge in [-0.1, -0.05) is 33.8 Å². The third-order valence-corrected chi connectivity index (χ3v) is 1.46. The minimum absolute atomic E-state index is 0.137. The van der Waals surface area contributed by atoms with Gasteiger partial charge in [0.15, 0.2) is 5.78 Å². The molecule has 0 saturated carbocycles. The van der Waals surface area contributed by atoms with Crippen LogP contribution in [-0.4, -0.2) is 5.78 Å². The second-order valence-corrected chi connectivity index (χ2v) is 3.59. The van der Waals surface area contributed by atoms with Crippen LogP contribution in [0.15, 0.2) is 12.2 Å². The number of rotatable bonds is 4. The molecule has 0 bridgehead atoms. The van der Waals surface area contributed by atoms with Gasteiger partial charge in [0.1, 0.15) is 0 Å². The van der Waals surface area contributed by atoms with E-state index in [1.165, 1.54) is 0 Å². The molecule has 0 radical (unpaired) electrons. The molecule has 0 aromatic heterocycles. The molecule has 0 heterocycles. The van der Waals surface area contributed by atoms with E-state index in [9.17, 15) is 4.79 Å². The van der Waals surface area contributed by atoms with Crippen molar-refractivity contribution in [1.29, 1.82) is 0 Å². The van der Waals surface area contributed by atoms with E-state index >= 15 is 0 Å². The lowest BCUT2D eigenvalue weighted by atomic mass is 10.1. The monoisotopic (exact) mass is 154 g/mol. The summed E-state index contributed by atoms with van der Waals surface area (Å²) in [5, 5.41) is 0. The molecule has 64 valence electrons. The van der Waals surface area contributed by atoms with Crippen LogP contribution in [0.25, 0.3) is 0 Å². The standard InChI is InChI=1S/C10H18O/c1-8(2)6-5-7-10(11)9(3)4/h5,7-9H,6H2,1-4H3. The van der Waals surface area contributed by atoms with E-state index in [-0.39, 0.29) is 11.7 Å². The van der Waals surface area contributed by atoms with Crippen LogP contribution in [0.1, 0.15) is 34.1 Å². The van der Waals surface area contributed by atoms with Crippen LogP contribution >= 0.6 is 0 Å². The van der Waals surface area contributed by atoms with Crippen molar-refractivity contribution in [2.75, 3.05) is 0 Å². The number of hydrogen-bond donors (Lipinski definition) is 0. The summed E-state index contributed by atoms with van der Waals surface area (Å²) in [6.45, 7) is 8.12. The Labute approximate surface area is 69.5 Å². The van der Waals surface area contributed by atoms with Gasteiger partial charge in [-0.25, -0.2) is 0 Å². The second-order valence-electron chi connectivity index (χ2n) is 3.59. The first-order valence-corrected chi connectivity index (χ1v) is 4.24. The first-order chi connectivity index (χ1) is 5.04. The Morgan fingerprint density at radius 3 is 2.18 bits per heavy atom. The van der Waals surface area contributed by atoms with Crippen molar-refractivity contribution in [1.82, 2.24) is 0 Å². The van der Waals surface area contributed by atoms with Crippen LogP contribution in [0.5, 0.6) is 0 Å². The molecule has 11 heavy (non-hydrogen) atoms. The van der Waals surface area contributed by atoms with Crippen molar-refractivity contribution in [3.8, 4) is 0 Å². The van der Waals surface area contributed by atoms with Gasteiger partial charge < -0.3 is 0 Å². The molecule has 0 unspecified atom stereocenters. The van der Waals surface area contributed by atoms with Gasteiger partial charge in [0.2, 0.25) is 0 Å². The van der Waals surface area contributed by atoms with Gasteiger partial charge in [0.05, 0.1) is 0 Å². The highest BCUT2D eigenvalue weighted by atomic mass is 16.1. The van der Waals surface area contributed by atoms with Crippen molar-refractivity contribution >= 4 is 5.78 Å². The number of hydrogen-bond acceptors (Lipinski definition) is 1. The van der Waals surface area contributed by atoms with E-state index in [1.807, 2.05) is 19.9 Å². The van der Waals surface area contributed by atoms with Crippen molar-refractivity contribution in [3.63, 3.8) is 0 Å². The molecule has 0 aliphatic carbocycles. The van der Waals surface area contributed by atoms with Gasteiger partial charge in [-0.05, 0) is 18.4 Å². The molecular formula is C10H18O. The average Bonchev–Trinajstić information content (AvgIpc) is 1.86. The zero-order valence-electron chi connectivity index (χ0n) is 7.92. The molecule has 0 amide bonds. The summed E-state index contributed by atoms with van der Waals surface area (Å²) < 4.78 is 0. The Morgan fingerprint density at radius 2 is 1.82 bits per heavy atom. The van der Waals surface area contributed by atoms with Gasteiger partial charge in [0, 0.05) is 5.92 Å². The third kappa shape index (κ3) is 5.84. The smallest absolute Gasteiger partial charge is 0.157 e. The predicted octanol–water partition coefficient (Wildman–Crippen LogP) is 2.81. The van der Waals surface area contributed by atoms with Crippen molar-refractivity contribution in [2.45, 2.75) is 34.1 Å². The molecular weight excluding hydrogens is 136 g/mol. The zero-order valence-corrected chi connectivity index (χ0v) is 7.92. The maximum atomic E-state index is 11.0. The molecule has 1 nitrogen and oxygen atoms in total. The third-order valence-electron chi connectivity index (χ3n) is 1.46. The molecule has 1 heteroatoms. The molecule has 0 aliphatic rings. The van der Waals surface area contributed by atoms with Crippen molar-refractivity contribution < 1.29 is 4.79 Å². The number of allylic oxidation sites excluding steroid dienone is 2. The Morgan fingerprint density at radius 1 is 1.27 bits per heavy atom. The summed E-state index contributed by atoms with van der Waals surface area (Å²) in [5.41, 5.74) is 0. The summed E-state index contributed by atoms with van der Waals surface area (Å²) in [6.07, 6.45) is 4.66. The van der Waals surface area contributed by atoms with Crippen molar-refractivity contribution in [2.24, 2.45) is 11.8 Å². The molecule has 0 rings (SSSR count). The number of carbonyl (C=O) groups is 1. The Hall–Kier alpha value is -0.590. The lowest BCUT2D eigenvalue weighted by Crippen LogP contribution is -2.02. The summed E-state index contributed by atoms with van der Waals surface area (Å²) in [5.74, 6) is 1.01. The van der Waals surface area contributed by atoms with E-state index in [4.69, 9.17) is 0 Å². The average molecular weight is 154 g/mol. The molecule has 0 fully saturated rings. The zero-order chi connectivity index (χ0) is 8.85. The Bertz CT molecular complexity index is 143. The molecule has 0 N–H and O–H groups in total. The van der Waals surface area contributed by atoms with E-state index in [1.54, 1.807) is 6.08 Å².